The monoisotopic (exact) mass is 398 g/mol. The number of halogens is 3. The van der Waals surface area contributed by atoms with Crippen LogP contribution in [0.15, 0.2) is 41.8 Å². The Morgan fingerprint density at radius 2 is 2.11 bits per heavy atom. The molecule has 10 heteroatoms. The van der Waals surface area contributed by atoms with Crippen LogP contribution in [-0.4, -0.2) is 39.3 Å². The van der Waals surface area contributed by atoms with Crippen LogP contribution in [0.3, 0.4) is 0 Å². The second-order valence-corrected chi connectivity index (χ2v) is 6.82. The second-order valence-electron chi connectivity index (χ2n) is 5.88. The lowest BCUT2D eigenvalue weighted by atomic mass is 10.1. The molecule has 6 nitrogen and oxygen atoms in total. The van der Waals surface area contributed by atoms with Gasteiger partial charge < -0.3 is 9.88 Å². The highest BCUT2D eigenvalue weighted by molar-refractivity contribution is 7.99. The molecule has 3 rings (SSSR count). The fourth-order valence-corrected chi connectivity index (χ4v) is 3.75. The van der Waals surface area contributed by atoms with Gasteiger partial charge in [0.05, 0.1) is 23.5 Å². The van der Waals surface area contributed by atoms with E-state index in [-0.39, 0.29) is 17.1 Å². The molecule has 1 aromatic carbocycles. The molecule has 0 bridgehead atoms. The van der Waals surface area contributed by atoms with E-state index in [4.69, 9.17) is 0 Å². The highest BCUT2D eigenvalue weighted by Gasteiger charge is 2.48. The number of para-hydroxylation sites is 2. The molecule has 144 valence electrons. The molecule has 0 saturated carbocycles. The Morgan fingerprint density at radius 3 is 2.81 bits per heavy atom. The molecule has 2 aromatic rings. The first-order chi connectivity index (χ1) is 12.8. The lowest BCUT2D eigenvalue weighted by Crippen LogP contribution is -2.50. The summed E-state index contributed by atoms with van der Waals surface area (Å²) in [7, 11) is 0. The van der Waals surface area contributed by atoms with Gasteiger partial charge in [0.2, 0.25) is 11.8 Å². The lowest BCUT2D eigenvalue weighted by molar-refractivity contribution is -0.157. The Kier molecular flexibility index (Phi) is 5.45. The maximum Gasteiger partial charge on any atom is 0.409 e. The smallest absolute Gasteiger partial charge is 0.326 e. The molecule has 0 radical (unpaired) electrons. The van der Waals surface area contributed by atoms with Crippen LogP contribution in [0.5, 0.6) is 0 Å². The average Bonchev–Trinajstić information content (AvgIpc) is 3.00. The molecule has 0 fully saturated rings. The number of aryl methyl sites for hydroxylation is 1. The molecule has 1 aliphatic rings. The van der Waals surface area contributed by atoms with Crippen molar-refractivity contribution in [2.45, 2.75) is 37.3 Å². The Balaban J connectivity index is 1.92. The number of carbonyl (C=O) groups is 2. The topological polar surface area (TPSA) is 67.2 Å². The molecule has 0 spiro atoms. The molecule has 2 heterocycles. The highest BCUT2D eigenvalue weighted by atomic mass is 32.2. The van der Waals surface area contributed by atoms with E-state index in [1.165, 1.54) is 18.2 Å². The van der Waals surface area contributed by atoms with Crippen molar-refractivity contribution in [2.75, 3.05) is 16.0 Å². The number of anilines is 2. The van der Waals surface area contributed by atoms with Gasteiger partial charge in [0.25, 0.3) is 0 Å². The van der Waals surface area contributed by atoms with Crippen molar-refractivity contribution in [3.8, 4) is 0 Å². The van der Waals surface area contributed by atoms with Gasteiger partial charge in [0.15, 0.2) is 5.16 Å². The third kappa shape index (κ3) is 4.10. The third-order valence-corrected chi connectivity index (χ3v) is 5.11. The highest BCUT2D eigenvalue weighted by Crippen LogP contribution is 2.38. The predicted octanol–water partition coefficient (Wildman–Crippen LogP) is 3.30. The minimum atomic E-state index is -4.74. The summed E-state index contributed by atoms with van der Waals surface area (Å²) in [6.45, 7) is 2.53. The summed E-state index contributed by atoms with van der Waals surface area (Å²) in [6, 6.07) is 3.77. The molecule has 27 heavy (non-hydrogen) atoms. The van der Waals surface area contributed by atoms with E-state index in [9.17, 15) is 22.8 Å². The third-order valence-electron chi connectivity index (χ3n) is 4.12. The molecular weight excluding hydrogens is 381 g/mol. The summed E-state index contributed by atoms with van der Waals surface area (Å²) < 4.78 is 42.7. The van der Waals surface area contributed by atoms with Gasteiger partial charge in [0, 0.05) is 18.9 Å². The Morgan fingerprint density at radius 1 is 1.37 bits per heavy atom. The van der Waals surface area contributed by atoms with E-state index in [0.29, 0.717) is 16.6 Å². The van der Waals surface area contributed by atoms with Crippen molar-refractivity contribution < 1.29 is 22.8 Å². The summed E-state index contributed by atoms with van der Waals surface area (Å²) in [5.74, 6) is -1.75. The van der Waals surface area contributed by atoms with Crippen LogP contribution in [0.1, 0.15) is 13.3 Å². The first-order valence-corrected chi connectivity index (χ1v) is 9.21. The first-order valence-electron chi connectivity index (χ1n) is 8.23. The Hall–Kier alpha value is -2.49. The number of aromatic nitrogens is 2. The van der Waals surface area contributed by atoms with Crippen molar-refractivity contribution in [2.24, 2.45) is 0 Å². The van der Waals surface area contributed by atoms with Crippen LogP contribution in [0.25, 0.3) is 0 Å². The number of rotatable bonds is 4. The summed E-state index contributed by atoms with van der Waals surface area (Å²) in [5.41, 5.74) is 0.220. The van der Waals surface area contributed by atoms with Gasteiger partial charge in [0.1, 0.15) is 6.04 Å². The van der Waals surface area contributed by atoms with Gasteiger partial charge in [-0.05, 0) is 19.1 Å². The van der Waals surface area contributed by atoms with E-state index in [2.05, 4.69) is 10.3 Å². The van der Waals surface area contributed by atoms with Gasteiger partial charge >= 0.3 is 6.18 Å². The van der Waals surface area contributed by atoms with Crippen molar-refractivity contribution in [1.29, 1.82) is 0 Å². The minimum Gasteiger partial charge on any atom is -0.326 e. The number of amides is 2. The van der Waals surface area contributed by atoms with Gasteiger partial charge in [-0.25, -0.2) is 4.98 Å². The van der Waals surface area contributed by atoms with Gasteiger partial charge in [-0.1, -0.05) is 23.9 Å². The predicted molar refractivity (Wildman–Crippen MR) is 95.6 cm³/mol. The second kappa shape index (κ2) is 7.63. The number of hydrogen-bond acceptors (Lipinski definition) is 4. The molecule has 1 N–H and O–H groups in total. The van der Waals surface area contributed by atoms with E-state index >= 15 is 0 Å². The van der Waals surface area contributed by atoms with E-state index in [0.717, 1.165) is 11.8 Å². The average molecular weight is 398 g/mol. The minimum absolute atomic E-state index is 0.0371. The quantitative estimate of drug-likeness (QED) is 0.803. The van der Waals surface area contributed by atoms with Crippen molar-refractivity contribution in [1.82, 2.24) is 9.55 Å². The zero-order valence-electron chi connectivity index (χ0n) is 14.4. The number of thioether (sulfide) groups is 1. The van der Waals surface area contributed by atoms with Crippen LogP contribution < -0.4 is 10.2 Å². The zero-order valence-corrected chi connectivity index (χ0v) is 15.2. The van der Waals surface area contributed by atoms with Crippen molar-refractivity contribution in [3.63, 3.8) is 0 Å². The number of hydrogen-bond donors (Lipinski definition) is 1. The van der Waals surface area contributed by atoms with Crippen molar-refractivity contribution in [3.05, 3.63) is 36.7 Å². The molecule has 0 aliphatic carbocycles. The summed E-state index contributed by atoms with van der Waals surface area (Å²) in [5, 5.41) is 2.99. The van der Waals surface area contributed by atoms with Crippen LogP contribution in [0.4, 0.5) is 24.5 Å². The van der Waals surface area contributed by atoms with E-state index < -0.39 is 30.5 Å². The Bertz CT molecular complexity index is 853. The first kappa shape index (κ1) is 19.3. The van der Waals surface area contributed by atoms with Crippen LogP contribution >= 0.6 is 11.8 Å². The molecule has 1 unspecified atom stereocenters. The summed E-state index contributed by atoms with van der Waals surface area (Å²) in [4.78, 5) is 29.5. The molecule has 1 atom stereocenters. The summed E-state index contributed by atoms with van der Waals surface area (Å²) >= 11 is 1.06. The SMILES string of the molecule is CCn1ccnc1SCC(=O)N1c2ccccc2NC(=O)CC1C(F)(F)F. The summed E-state index contributed by atoms with van der Waals surface area (Å²) in [6.07, 6.45) is -2.29. The molecule has 1 aliphatic heterocycles. The zero-order chi connectivity index (χ0) is 19.6. The van der Waals surface area contributed by atoms with Gasteiger partial charge in [-0.15, -0.1) is 0 Å². The molecule has 0 saturated heterocycles. The molecule has 2 amide bonds. The molecule has 1 aromatic heterocycles. The number of alkyl halides is 3. The normalized spacial score (nSPS) is 17.3. The Labute approximate surface area is 157 Å². The van der Waals surface area contributed by atoms with E-state index in [1.807, 2.05) is 6.92 Å². The fraction of sp³-hybridized carbons (Fsp3) is 0.353. The largest absolute Gasteiger partial charge is 0.409 e. The number of imidazole rings is 1. The fourth-order valence-electron chi connectivity index (χ4n) is 2.87. The van der Waals surface area contributed by atoms with Crippen LogP contribution in [-0.2, 0) is 16.1 Å². The van der Waals surface area contributed by atoms with Crippen molar-refractivity contribution >= 4 is 35.0 Å². The van der Waals surface area contributed by atoms with Crippen LogP contribution in [0.2, 0.25) is 0 Å². The van der Waals surface area contributed by atoms with E-state index in [1.54, 1.807) is 23.0 Å². The number of fused-ring (bicyclic) bond motifs is 1. The maximum absolute atomic E-state index is 13.6. The maximum atomic E-state index is 13.6. The molecular formula is C17H17F3N4O2S. The lowest BCUT2D eigenvalue weighted by Gasteiger charge is -2.31. The van der Waals surface area contributed by atoms with Crippen LogP contribution in [0, 0.1) is 0 Å². The number of benzene rings is 1. The van der Waals surface area contributed by atoms with Gasteiger partial charge in [-0.2, -0.15) is 13.2 Å². The number of nitrogens with zero attached hydrogens (tertiary/aromatic N) is 3. The standard InChI is InChI=1S/C17H17F3N4O2S/c1-2-23-8-7-21-16(23)27-10-15(26)24-12-6-4-3-5-11(12)22-14(25)9-13(24)17(18,19)20/h3-8,13H,2,9-10H2,1H3,(H,22,25). The van der Waals surface area contributed by atoms with Gasteiger partial charge in [-0.3, -0.25) is 14.5 Å². The number of nitrogens with one attached hydrogen (secondary N) is 1. The number of carbonyl (C=O) groups excluding carboxylic acids is 2.